The van der Waals surface area contributed by atoms with Gasteiger partial charge in [0.1, 0.15) is 6.10 Å². The van der Waals surface area contributed by atoms with Gasteiger partial charge in [-0.1, -0.05) is 60.7 Å². The number of benzene rings is 4. The van der Waals surface area contributed by atoms with Crippen LogP contribution in [0.5, 0.6) is 11.5 Å². The summed E-state index contributed by atoms with van der Waals surface area (Å²) in [7, 11) is 1.50. The van der Waals surface area contributed by atoms with Crippen molar-refractivity contribution in [2.75, 3.05) is 50.5 Å². The van der Waals surface area contributed by atoms with Crippen molar-refractivity contribution in [2.45, 2.75) is 31.9 Å². The molecule has 1 aliphatic rings. The molecule has 5 rings (SSSR count). The van der Waals surface area contributed by atoms with Crippen molar-refractivity contribution >= 4 is 29.3 Å². The van der Waals surface area contributed by atoms with Crippen molar-refractivity contribution < 1.29 is 29.0 Å². The Morgan fingerprint density at radius 3 is 2.43 bits per heavy atom. The Hall–Kier alpha value is -5.39. The van der Waals surface area contributed by atoms with Crippen LogP contribution in [0.15, 0.2) is 97.1 Å². The third-order valence-corrected chi connectivity index (χ3v) is 8.28. The average molecular weight is 666 g/mol. The number of hydrogen-bond donors (Lipinski definition) is 5. The molecule has 1 aliphatic heterocycles. The van der Waals surface area contributed by atoms with E-state index in [4.69, 9.17) is 9.47 Å². The number of likely N-dealkylation sites (tertiary alicyclic amines) is 1. The number of carbonyl (C=O) groups is 3. The summed E-state index contributed by atoms with van der Waals surface area (Å²) < 4.78 is 10.9. The summed E-state index contributed by atoms with van der Waals surface area (Å²) in [5.41, 5.74) is 4.60. The second kappa shape index (κ2) is 17.7. The van der Waals surface area contributed by atoms with Crippen LogP contribution in [0.3, 0.4) is 0 Å². The lowest BCUT2D eigenvalue weighted by molar-refractivity contribution is -0.116. The van der Waals surface area contributed by atoms with Gasteiger partial charge in [0.25, 0.3) is 5.91 Å². The summed E-state index contributed by atoms with van der Waals surface area (Å²) in [5.74, 6) is 0.130. The number of methoxy groups -OCH3 is 1. The van der Waals surface area contributed by atoms with Crippen molar-refractivity contribution in [3.8, 4) is 22.6 Å². The molecule has 4 aromatic carbocycles. The minimum atomic E-state index is -0.472. The fourth-order valence-electron chi connectivity index (χ4n) is 5.66. The molecule has 256 valence electrons. The number of phenolic OH excluding ortho intramolecular Hbond substituents is 1. The molecule has 0 bridgehead atoms. The first-order chi connectivity index (χ1) is 23.9. The van der Waals surface area contributed by atoms with E-state index in [0.29, 0.717) is 68.1 Å². The number of ether oxygens (including phenoxy) is 2. The first-order valence-electron chi connectivity index (χ1n) is 16.5. The number of carbonyl (C=O) groups excluding carboxylic acids is 3. The summed E-state index contributed by atoms with van der Waals surface area (Å²) in [4.78, 5) is 40.3. The number of para-hydroxylation sites is 1. The van der Waals surface area contributed by atoms with Crippen molar-refractivity contribution in [3.63, 3.8) is 0 Å². The van der Waals surface area contributed by atoms with Crippen molar-refractivity contribution in [3.05, 3.63) is 108 Å². The summed E-state index contributed by atoms with van der Waals surface area (Å²) >= 11 is 0. The zero-order valence-electron chi connectivity index (χ0n) is 27.6. The maximum Gasteiger partial charge on any atom is 0.411 e. The molecule has 0 atom stereocenters. The van der Waals surface area contributed by atoms with Crippen LogP contribution in [0.2, 0.25) is 0 Å². The molecular weight excluding hydrogens is 622 g/mol. The van der Waals surface area contributed by atoms with E-state index < -0.39 is 6.09 Å². The van der Waals surface area contributed by atoms with Crippen LogP contribution >= 0.6 is 0 Å². The number of phenols is 1. The van der Waals surface area contributed by atoms with Crippen LogP contribution in [0, 0.1) is 0 Å². The lowest BCUT2D eigenvalue weighted by atomic mass is 10.0. The number of aromatic hydroxyl groups is 1. The van der Waals surface area contributed by atoms with Gasteiger partial charge in [0.15, 0.2) is 11.5 Å². The van der Waals surface area contributed by atoms with Gasteiger partial charge in [-0.2, -0.15) is 0 Å². The van der Waals surface area contributed by atoms with Crippen molar-refractivity contribution in [2.24, 2.45) is 0 Å². The lowest BCUT2D eigenvalue weighted by Crippen LogP contribution is -2.39. The molecule has 3 amide bonds. The SMILES string of the molecule is COc1cc(CNCCNC(=O)c2cccc(NC(=O)CCN3CCC(OC(=O)Nc4ccccc4-c4ccccc4)CC3)c2)ccc1O. The fourth-order valence-corrected chi connectivity index (χ4v) is 5.66. The molecule has 5 N–H and O–H groups in total. The zero-order chi connectivity index (χ0) is 34.4. The summed E-state index contributed by atoms with van der Waals surface area (Å²) in [6.45, 7) is 3.55. The number of hydrogen-bond acceptors (Lipinski definition) is 8. The molecule has 1 fully saturated rings. The predicted octanol–water partition coefficient (Wildman–Crippen LogP) is 5.63. The molecule has 11 nitrogen and oxygen atoms in total. The number of nitrogens with one attached hydrogen (secondary N) is 4. The Labute approximate surface area is 286 Å². The fraction of sp³-hybridized carbons (Fsp3) is 0.289. The molecule has 1 saturated heterocycles. The number of piperidine rings is 1. The summed E-state index contributed by atoms with van der Waals surface area (Å²) in [6.07, 6.45) is 1.01. The Kier molecular flexibility index (Phi) is 12.6. The first kappa shape index (κ1) is 34.9. The summed E-state index contributed by atoms with van der Waals surface area (Å²) in [6, 6.07) is 29.5. The first-order valence-corrected chi connectivity index (χ1v) is 16.5. The van der Waals surface area contributed by atoms with Crippen LogP contribution in [-0.2, 0) is 16.1 Å². The highest BCUT2D eigenvalue weighted by Crippen LogP contribution is 2.28. The quantitative estimate of drug-likeness (QED) is 0.109. The number of nitrogens with zero attached hydrogens (tertiary/aromatic N) is 1. The Morgan fingerprint density at radius 2 is 1.63 bits per heavy atom. The van der Waals surface area contributed by atoms with E-state index in [9.17, 15) is 19.5 Å². The molecule has 1 heterocycles. The molecule has 11 heteroatoms. The molecule has 0 spiro atoms. The van der Waals surface area contributed by atoms with Crippen LogP contribution in [0.4, 0.5) is 16.2 Å². The van der Waals surface area contributed by atoms with E-state index in [0.717, 1.165) is 29.8 Å². The molecule has 0 saturated carbocycles. The topological polar surface area (TPSA) is 141 Å². The van der Waals surface area contributed by atoms with Gasteiger partial charge in [-0.3, -0.25) is 14.9 Å². The Bertz CT molecular complexity index is 1710. The highest BCUT2D eigenvalue weighted by molar-refractivity contribution is 5.97. The molecule has 0 radical (unpaired) electrons. The van der Waals surface area contributed by atoms with Gasteiger partial charge in [-0.25, -0.2) is 4.79 Å². The standard InChI is InChI=1S/C38H43N5O6/c1-48-35-24-27(14-15-34(35)44)26-39-19-20-40-37(46)29-10-7-11-30(25-29)41-36(45)18-23-43-21-16-31(17-22-43)49-38(47)42-33-13-6-5-12-32(33)28-8-3-2-4-9-28/h2-15,24-25,31,39,44H,16-23,26H2,1H3,(H,40,46)(H,41,45)(H,42,47). The summed E-state index contributed by atoms with van der Waals surface area (Å²) in [5, 5.41) is 21.6. The number of anilines is 2. The van der Waals surface area contributed by atoms with Gasteiger partial charge >= 0.3 is 6.09 Å². The predicted molar refractivity (Wildman–Crippen MR) is 190 cm³/mol. The Balaban J connectivity index is 0.977. The second-order valence-corrected chi connectivity index (χ2v) is 11.8. The zero-order valence-corrected chi connectivity index (χ0v) is 27.6. The minimum Gasteiger partial charge on any atom is -0.504 e. The van der Waals surface area contributed by atoms with Gasteiger partial charge in [0.2, 0.25) is 5.91 Å². The minimum absolute atomic E-state index is 0.0875. The van der Waals surface area contributed by atoms with E-state index in [1.165, 1.54) is 7.11 Å². The molecule has 49 heavy (non-hydrogen) atoms. The highest BCUT2D eigenvalue weighted by atomic mass is 16.6. The van der Waals surface area contributed by atoms with E-state index in [2.05, 4.69) is 26.2 Å². The molecule has 0 unspecified atom stereocenters. The maximum atomic E-state index is 12.7. The molecule has 4 aromatic rings. The van der Waals surface area contributed by atoms with Gasteiger partial charge in [0, 0.05) is 62.5 Å². The number of rotatable bonds is 14. The largest absolute Gasteiger partial charge is 0.504 e. The van der Waals surface area contributed by atoms with Crippen LogP contribution in [0.25, 0.3) is 11.1 Å². The molecule has 0 aromatic heterocycles. The smallest absolute Gasteiger partial charge is 0.411 e. The third-order valence-electron chi connectivity index (χ3n) is 8.28. The highest BCUT2D eigenvalue weighted by Gasteiger charge is 2.23. The van der Waals surface area contributed by atoms with Gasteiger partial charge < -0.3 is 35.4 Å². The van der Waals surface area contributed by atoms with E-state index in [1.807, 2.05) is 54.6 Å². The van der Waals surface area contributed by atoms with Crippen LogP contribution < -0.4 is 26.0 Å². The van der Waals surface area contributed by atoms with Crippen molar-refractivity contribution in [1.29, 1.82) is 0 Å². The molecule has 0 aliphatic carbocycles. The van der Waals surface area contributed by atoms with Crippen LogP contribution in [0.1, 0.15) is 35.2 Å². The maximum absolute atomic E-state index is 12.7. The number of amides is 3. The molecular formula is C38H43N5O6. The Morgan fingerprint density at radius 1 is 0.857 bits per heavy atom. The third kappa shape index (κ3) is 10.6. The van der Waals surface area contributed by atoms with E-state index >= 15 is 0 Å². The van der Waals surface area contributed by atoms with E-state index in [1.54, 1.807) is 42.5 Å². The van der Waals surface area contributed by atoms with Gasteiger partial charge in [0.05, 0.1) is 12.8 Å². The normalized spacial score (nSPS) is 13.3. The van der Waals surface area contributed by atoms with Gasteiger partial charge in [-0.15, -0.1) is 0 Å². The monoisotopic (exact) mass is 665 g/mol. The second-order valence-electron chi connectivity index (χ2n) is 11.8. The average Bonchev–Trinajstić information content (AvgIpc) is 3.12. The van der Waals surface area contributed by atoms with Crippen molar-refractivity contribution in [1.82, 2.24) is 15.5 Å². The lowest BCUT2D eigenvalue weighted by Gasteiger charge is -2.31. The van der Waals surface area contributed by atoms with Crippen LogP contribution in [-0.4, -0.2) is 73.9 Å². The van der Waals surface area contributed by atoms with E-state index in [-0.39, 0.29) is 23.7 Å². The van der Waals surface area contributed by atoms with Gasteiger partial charge in [-0.05, 0) is 60.4 Å².